The summed E-state index contributed by atoms with van der Waals surface area (Å²) >= 11 is 3.06. The normalized spacial score (nSPS) is 7.44. The first-order chi connectivity index (χ1) is 11.6. The van der Waals surface area contributed by atoms with Crippen molar-refractivity contribution in [2.45, 2.75) is 0 Å². The molecule has 0 rings (SSSR count). The Hall–Kier alpha value is 1.52. The van der Waals surface area contributed by atoms with Crippen molar-refractivity contribution in [1.82, 2.24) is 10.2 Å². The summed E-state index contributed by atoms with van der Waals surface area (Å²) in [6, 6.07) is 0. The number of carbonyl (C=O) groups is 3. The molecule has 0 heterocycles. The summed E-state index contributed by atoms with van der Waals surface area (Å²) in [7, 11) is 10.2. The Morgan fingerprint density at radius 1 is 1.11 bits per heavy atom. The topological polar surface area (TPSA) is 117 Å². The Labute approximate surface area is 257 Å². The van der Waals surface area contributed by atoms with Crippen molar-refractivity contribution < 1.29 is 138 Å². The fraction of sp³-hybridized carbons (Fsp3) is 0.533. The average molecular weight is 508 g/mol. The molecule has 27 heavy (non-hydrogen) atoms. The maximum absolute atomic E-state index is 10.7. The Balaban J connectivity index is -0.0000000443. The molecule has 0 radical (unpaired) electrons. The van der Waals surface area contributed by atoms with Crippen LogP contribution in [0, 0.1) is 0 Å². The zero-order valence-corrected chi connectivity index (χ0v) is 25.4. The molecule has 0 aromatic rings. The number of halogens is 1. The molecule has 0 bridgehead atoms. The molecule has 0 fully saturated rings. The number of likely N-dealkylation sites (N-methyl/N-ethyl adjacent to an activating group) is 1. The molecular weight excluding hydrogens is 478 g/mol. The summed E-state index contributed by atoms with van der Waals surface area (Å²) in [6.07, 6.45) is 0. The van der Waals surface area contributed by atoms with Gasteiger partial charge in [0.15, 0.2) is 0 Å². The van der Waals surface area contributed by atoms with E-state index in [9.17, 15) is 9.59 Å². The number of hydrogen-bond acceptors (Lipinski definition) is 9. The van der Waals surface area contributed by atoms with Crippen molar-refractivity contribution in [1.29, 1.82) is 0 Å². The first-order valence-electron chi connectivity index (χ1n) is 6.66. The largest absolute Gasteiger partial charge is 1.00 e. The van der Waals surface area contributed by atoms with Gasteiger partial charge in [0.05, 0.1) is 14.2 Å². The number of esters is 2. The monoisotopic (exact) mass is 506 g/mol. The molecule has 0 aliphatic rings. The van der Waals surface area contributed by atoms with Gasteiger partial charge in [-0.3, -0.25) is 4.79 Å². The molecule has 150 valence electrons. The zero-order valence-electron chi connectivity index (χ0n) is 18.6. The van der Waals surface area contributed by atoms with E-state index in [1.165, 1.54) is 14.2 Å². The van der Waals surface area contributed by atoms with Crippen molar-refractivity contribution >= 4 is 34.3 Å². The van der Waals surface area contributed by atoms with E-state index in [0.29, 0.717) is 23.0 Å². The fourth-order valence-electron chi connectivity index (χ4n) is 0.790. The first kappa shape index (κ1) is 42.6. The maximum Gasteiger partial charge on any atom is 1.00 e. The molecule has 0 aliphatic heterocycles. The van der Waals surface area contributed by atoms with Gasteiger partial charge in [-0.25, -0.2) is 9.59 Å². The van der Waals surface area contributed by atoms with Gasteiger partial charge in [-0.1, -0.05) is 29.1 Å². The quantitative estimate of drug-likeness (QED) is 0.0713. The molecule has 12 heteroatoms. The van der Waals surface area contributed by atoms with Gasteiger partial charge in [0.2, 0.25) is 0 Å². The second-order valence-electron chi connectivity index (χ2n) is 4.25. The number of ether oxygens (including phenoxy) is 2. The van der Waals surface area contributed by atoms with E-state index < -0.39 is 0 Å². The number of rotatable bonds is 6. The van der Waals surface area contributed by atoms with Gasteiger partial charge in [-0.05, 0) is 28.2 Å². The standard InChI is InChI=1S/C7H13NO2.C5H7BrO2.C2H7N.CH2O3.2K.H/c1-6(5-8(2)3)7(9)10-4;1-4(3-6)5(7)8-2;1-3-2;2-1-4-3;;;/h1,5H2,2-4H3;1,3H2,2H3;3H,1-2H3;1,3H;;;/q;;;;2*+1;-1/p-1. The van der Waals surface area contributed by atoms with Crippen LogP contribution in [0.1, 0.15) is 1.43 Å². The fourth-order valence-corrected chi connectivity index (χ4v) is 1.02. The van der Waals surface area contributed by atoms with Gasteiger partial charge in [-0.2, -0.15) is 0 Å². The predicted molar refractivity (Wildman–Crippen MR) is 97.9 cm³/mol. The molecule has 0 atom stereocenters. The van der Waals surface area contributed by atoms with E-state index in [2.05, 4.69) is 48.8 Å². The van der Waals surface area contributed by atoms with Crippen LogP contribution < -0.4 is 113 Å². The van der Waals surface area contributed by atoms with Gasteiger partial charge >= 0.3 is 115 Å². The van der Waals surface area contributed by atoms with Crippen LogP contribution in [-0.2, 0) is 28.7 Å². The second-order valence-corrected chi connectivity index (χ2v) is 4.81. The van der Waals surface area contributed by atoms with Crippen LogP contribution in [0.2, 0.25) is 0 Å². The van der Waals surface area contributed by atoms with Crippen molar-refractivity contribution in [3.63, 3.8) is 0 Å². The third kappa shape index (κ3) is 42.6. The van der Waals surface area contributed by atoms with E-state index in [0.717, 1.165) is 0 Å². The molecule has 0 spiro atoms. The van der Waals surface area contributed by atoms with Crippen LogP contribution in [0.4, 0.5) is 0 Å². The van der Waals surface area contributed by atoms with Crippen molar-refractivity contribution in [3.05, 3.63) is 24.3 Å². The van der Waals surface area contributed by atoms with E-state index in [4.69, 9.17) is 10.1 Å². The smallest absolute Gasteiger partial charge is 1.00 e. The molecule has 0 amide bonds. The van der Waals surface area contributed by atoms with Crippen molar-refractivity contribution in [2.24, 2.45) is 0 Å². The van der Waals surface area contributed by atoms with Gasteiger partial charge in [-0.15, -0.1) is 0 Å². The average Bonchev–Trinajstić information content (AvgIpc) is 2.60. The van der Waals surface area contributed by atoms with Crippen LogP contribution in [0.15, 0.2) is 24.3 Å². The summed E-state index contributed by atoms with van der Waals surface area (Å²) in [5.74, 6) is -0.699. The van der Waals surface area contributed by atoms with Crippen LogP contribution in [-0.4, -0.2) is 77.6 Å². The Kier molecular flexibility index (Phi) is 55.2. The van der Waals surface area contributed by atoms with Gasteiger partial charge in [0.1, 0.15) is 0 Å². The van der Waals surface area contributed by atoms with Gasteiger partial charge in [0, 0.05) is 23.0 Å². The van der Waals surface area contributed by atoms with Crippen molar-refractivity contribution in [3.8, 4) is 0 Å². The molecule has 0 saturated carbocycles. The van der Waals surface area contributed by atoms with Gasteiger partial charge in [0.25, 0.3) is 6.47 Å². The summed E-state index contributed by atoms with van der Waals surface area (Å²) < 4.78 is 8.78. The Bertz CT molecular complexity index is 391. The molecule has 0 unspecified atom stereocenters. The number of methoxy groups -OCH3 is 2. The molecule has 1 N–H and O–H groups in total. The minimum absolute atomic E-state index is 0. The van der Waals surface area contributed by atoms with E-state index in [1.807, 2.05) is 33.1 Å². The second kappa shape index (κ2) is 35.0. The molecule has 0 aromatic heterocycles. The summed E-state index contributed by atoms with van der Waals surface area (Å²) in [4.78, 5) is 34.2. The van der Waals surface area contributed by atoms with Crippen LogP contribution in [0.25, 0.3) is 0 Å². The summed E-state index contributed by atoms with van der Waals surface area (Å²) in [5.41, 5.74) is 0.917. The number of alkyl halides is 1. The maximum atomic E-state index is 10.7. The first-order valence-corrected chi connectivity index (χ1v) is 7.78. The number of carbonyl (C=O) groups excluding carboxylic acids is 3. The number of hydrogen-bond donors (Lipinski definition) is 1. The molecule has 0 saturated heterocycles. The summed E-state index contributed by atoms with van der Waals surface area (Å²) in [5, 5.41) is 11.7. The minimum Gasteiger partial charge on any atom is -1.00 e. The van der Waals surface area contributed by atoms with Crippen LogP contribution in [0.5, 0.6) is 0 Å². The van der Waals surface area contributed by atoms with Crippen molar-refractivity contribution in [2.75, 3.05) is 54.3 Å². The molecule has 9 nitrogen and oxygen atoms in total. The van der Waals surface area contributed by atoms with Gasteiger partial charge < -0.3 is 31.3 Å². The third-order valence-corrected chi connectivity index (χ3v) is 2.33. The zero-order chi connectivity index (χ0) is 20.8. The molecule has 0 aromatic carbocycles. The van der Waals surface area contributed by atoms with E-state index in [-0.39, 0.29) is 123 Å². The summed E-state index contributed by atoms with van der Waals surface area (Å²) in [6.45, 7) is 7.34. The minimum atomic E-state index is -0.359. The van der Waals surface area contributed by atoms with Crippen LogP contribution in [0.3, 0.4) is 0 Å². The molecule has 0 aliphatic carbocycles. The van der Waals surface area contributed by atoms with E-state index >= 15 is 0 Å². The van der Waals surface area contributed by atoms with E-state index in [1.54, 1.807) is 0 Å². The number of nitrogens with one attached hydrogen (secondary N) is 1. The van der Waals surface area contributed by atoms with Crippen LogP contribution >= 0.6 is 15.9 Å². The third-order valence-electron chi connectivity index (χ3n) is 1.66. The SMILES string of the molecule is C=C(CBr)C(=O)OC.C=C(CN(C)C)C(=O)OC.CNC.O=CO[O-].[H-].[K+].[K+]. The molecular formula is C15H29BrK2N2O7. The Morgan fingerprint density at radius 2 is 1.41 bits per heavy atom. The number of nitrogens with zero attached hydrogens (tertiary/aromatic N) is 1. The predicted octanol–water partition coefficient (Wildman–Crippen LogP) is -6.22. The Morgan fingerprint density at radius 3 is 1.56 bits per heavy atom.